The summed E-state index contributed by atoms with van der Waals surface area (Å²) in [7, 11) is 0. The van der Waals surface area contributed by atoms with E-state index in [1.54, 1.807) is 24.3 Å². The fourth-order valence-electron chi connectivity index (χ4n) is 1.81. The molecule has 8 nitrogen and oxygen atoms in total. The zero-order chi connectivity index (χ0) is 15.7. The van der Waals surface area contributed by atoms with Crippen molar-refractivity contribution in [2.75, 3.05) is 0 Å². The summed E-state index contributed by atoms with van der Waals surface area (Å²) < 4.78 is 0. The predicted molar refractivity (Wildman–Crippen MR) is 79.1 cm³/mol. The number of hydrogen-bond acceptors (Lipinski definition) is 7. The monoisotopic (exact) mass is 310 g/mol. The molecule has 2 unspecified atom stereocenters. The smallest absolute Gasteiger partial charge is 0.262 e. The van der Waals surface area contributed by atoms with E-state index in [4.69, 9.17) is 11.5 Å². The van der Waals surface area contributed by atoms with Gasteiger partial charge in [0.2, 0.25) is 0 Å². The number of nitrogens with two attached hydrogens (primary N) is 2. The molecule has 0 aliphatic heterocycles. The van der Waals surface area contributed by atoms with Gasteiger partial charge in [-0.1, -0.05) is 23.9 Å². The first-order valence-electron chi connectivity index (χ1n) is 6.09. The molecule has 0 amide bonds. The average Bonchev–Trinajstić information content (AvgIpc) is 2.44. The van der Waals surface area contributed by atoms with Gasteiger partial charge in [0.15, 0.2) is 0 Å². The Bertz CT molecular complexity index is 560. The van der Waals surface area contributed by atoms with E-state index in [0.29, 0.717) is 0 Å². The maximum atomic E-state index is 10.8. The highest BCUT2D eigenvalue weighted by Gasteiger charge is 2.37. The van der Waals surface area contributed by atoms with Crippen LogP contribution >= 0.6 is 11.8 Å². The molecule has 2 rings (SSSR count). The minimum absolute atomic E-state index is 0.103. The summed E-state index contributed by atoms with van der Waals surface area (Å²) in [6.45, 7) is 0. The van der Waals surface area contributed by atoms with Gasteiger partial charge < -0.3 is 0 Å². The van der Waals surface area contributed by atoms with Crippen molar-refractivity contribution in [2.24, 2.45) is 11.5 Å². The Balaban J connectivity index is 2.00. The summed E-state index contributed by atoms with van der Waals surface area (Å²) in [5.41, 5.74) is 8.10. The molecule has 2 aliphatic rings. The zero-order valence-electron chi connectivity index (χ0n) is 11.0. The minimum Gasteiger partial charge on any atom is -0.262 e. The molecule has 4 N–H and O–H groups in total. The second-order valence-corrected chi connectivity index (χ2v) is 6.03. The van der Waals surface area contributed by atoms with Crippen molar-refractivity contribution in [3.63, 3.8) is 0 Å². The van der Waals surface area contributed by atoms with Crippen LogP contribution in [-0.2, 0) is 0 Å². The first kappa shape index (κ1) is 15.4. The van der Waals surface area contributed by atoms with Crippen LogP contribution in [0.15, 0.2) is 46.3 Å². The zero-order valence-corrected chi connectivity index (χ0v) is 11.8. The lowest BCUT2D eigenvalue weighted by Crippen LogP contribution is -2.46. The summed E-state index contributed by atoms with van der Waals surface area (Å²) in [5, 5.41) is 21.6. The Kier molecular flexibility index (Phi) is 3.99. The third kappa shape index (κ3) is 3.20. The van der Waals surface area contributed by atoms with Gasteiger partial charge in [-0.15, -0.1) is 0 Å². The number of thioether (sulfide) groups is 1. The summed E-state index contributed by atoms with van der Waals surface area (Å²) in [5.74, 6) is 0. The van der Waals surface area contributed by atoms with E-state index in [2.05, 4.69) is 0 Å². The van der Waals surface area contributed by atoms with Crippen molar-refractivity contribution in [3.8, 4) is 0 Å². The summed E-state index contributed by atoms with van der Waals surface area (Å²) in [6, 6.07) is 0. The Labute approximate surface area is 124 Å². The normalized spacial score (nSPS) is 31.5. The first-order valence-corrected chi connectivity index (χ1v) is 6.90. The van der Waals surface area contributed by atoms with Crippen molar-refractivity contribution in [3.05, 3.63) is 66.5 Å². The van der Waals surface area contributed by atoms with Crippen LogP contribution in [0.2, 0.25) is 0 Å². The van der Waals surface area contributed by atoms with Gasteiger partial charge in [-0.05, 0) is 12.2 Å². The van der Waals surface area contributed by atoms with Crippen LogP contribution in [-0.4, -0.2) is 21.2 Å². The topological polar surface area (TPSA) is 138 Å². The van der Waals surface area contributed by atoms with E-state index in [9.17, 15) is 20.2 Å². The number of hydrogen-bond donors (Lipinski definition) is 2. The maximum absolute atomic E-state index is 10.8. The Morgan fingerprint density at radius 1 is 0.952 bits per heavy atom. The number of nitro groups is 2. The van der Waals surface area contributed by atoms with Gasteiger partial charge in [0.1, 0.15) is 0 Å². The van der Waals surface area contributed by atoms with Crippen molar-refractivity contribution in [1.29, 1.82) is 0 Å². The minimum atomic E-state index is -1.56. The molecule has 2 aliphatic carbocycles. The summed E-state index contributed by atoms with van der Waals surface area (Å²) in [6.07, 6.45) is 9.45. The maximum Gasteiger partial charge on any atom is 0.295 e. The van der Waals surface area contributed by atoms with Crippen LogP contribution in [0.1, 0.15) is 12.8 Å². The van der Waals surface area contributed by atoms with Gasteiger partial charge in [0.05, 0.1) is 12.8 Å². The van der Waals surface area contributed by atoms with Gasteiger partial charge in [-0.25, -0.2) is 0 Å². The van der Waals surface area contributed by atoms with Crippen molar-refractivity contribution in [2.45, 2.75) is 24.2 Å². The second kappa shape index (κ2) is 5.43. The number of nitrogens with zero attached hydrogens (tertiary/aromatic N) is 2. The average molecular weight is 310 g/mol. The molecule has 0 bridgehead atoms. The lowest BCUT2D eigenvalue weighted by Gasteiger charge is -2.21. The van der Waals surface area contributed by atoms with E-state index in [-0.39, 0.29) is 12.8 Å². The molecule has 0 saturated heterocycles. The Hall–Kier alpha value is -1.97. The lowest BCUT2D eigenvalue weighted by molar-refractivity contribution is -0.553. The van der Waals surface area contributed by atoms with Crippen LogP contribution in [0, 0.1) is 20.2 Å². The van der Waals surface area contributed by atoms with Crippen LogP contribution in [0.25, 0.3) is 0 Å². The van der Waals surface area contributed by atoms with E-state index in [1.807, 2.05) is 0 Å². The van der Waals surface area contributed by atoms with E-state index in [0.717, 1.165) is 9.81 Å². The Morgan fingerprint density at radius 2 is 1.33 bits per heavy atom. The van der Waals surface area contributed by atoms with Gasteiger partial charge in [0.25, 0.3) is 11.3 Å². The third-order valence-corrected chi connectivity index (χ3v) is 4.33. The molecule has 112 valence electrons. The fraction of sp³-hybridized carbons (Fsp3) is 0.333. The molecule has 0 fully saturated rings. The van der Waals surface area contributed by atoms with Gasteiger partial charge in [-0.2, -0.15) is 0 Å². The van der Waals surface area contributed by atoms with Crippen molar-refractivity contribution >= 4 is 11.8 Å². The van der Waals surface area contributed by atoms with Crippen LogP contribution < -0.4 is 11.5 Å². The lowest BCUT2D eigenvalue weighted by atomic mass is 10.0. The standard InChI is InChI=1S/C12H14N4O4S/c13-11(15(17)18)5-1-9(2-6-11)21-10-3-7-12(14,8-4-10)16(19)20/h1-5,7H,6,8,13-14H2. The first-order chi connectivity index (χ1) is 9.75. The van der Waals surface area contributed by atoms with Crippen molar-refractivity contribution in [1.82, 2.24) is 0 Å². The quantitative estimate of drug-likeness (QED) is 0.453. The molecule has 0 aromatic carbocycles. The Morgan fingerprint density at radius 3 is 1.57 bits per heavy atom. The van der Waals surface area contributed by atoms with Crippen LogP contribution in [0.5, 0.6) is 0 Å². The van der Waals surface area contributed by atoms with Crippen LogP contribution in [0.3, 0.4) is 0 Å². The molecule has 0 saturated carbocycles. The SMILES string of the molecule is NC1([N+](=O)[O-])C=CC(SC2=CCC(N)([N+](=O)[O-])C=C2)=CC1. The largest absolute Gasteiger partial charge is 0.295 e. The highest BCUT2D eigenvalue weighted by molar-refractivity contribution is 8.07. The molecule has 0 radical (unpaired) electrons. The molecule has 0 aromatic rings. The van der Waals surface area contributed by atoms with Crippen LogP contribution in [0.4, 0.5) is 0 Å². The highest BCUT2D eigenvalue weighted by Crippen LogP contribution is 2.35. The molecule has 2 atom stereocenters. The second-order valence-electron chi connectivity index (χ2n) is 4.89. The summed E-state index contributed by atoms with van der Waals surface area (Å²) >= 11 is 1.36. The molecular formula is C12H14N4O4S. The van der Waals surface area contributed by atoms with Gasteiger partial charge >= 0.3 is 0 Å². The predicted octanol–water partition coefficient (Wildman–Crippen LogP) is 1.27. The van der Waals surface area contributed by atoms with Gasteiger partial charge in [0, 0.05) is 31.8 Å². The molecule has 21 heavy (non-hydrogen) atoms. The molecular weight excluding hydrogens is 296 g/mol. The van der Waals surface area contributed by atoms with Crippen molar-refractivity contribution < 1.29 is 9.85 Å². The number of allylic oxidation sites excluding steroid dienone is 2. The molecule has 0 heterocycles. The summed E-state index contributed by atoms with van der Waals surface area (Å²) in [4.78, 5) is 22.2. The fourth-order valence-corrected chi connectivity index (χ4v) is 2.69. The number of rotatable bonds is 4. The van der Waals surface area contributed by atoms with Gasteiger partial charge in [-0.3, -0.25) is 31.7 Å². The van der Waals surface area contributed by atoms with E-state index >= 15 is 0 Å². The highest BCUT2D eigenvalue weighted by atomic mass is 32.2. The van der Waals surface area contributed by atoms with E-state index in [1.165, 1.54) is 23.9 Å². The third-order valence-electron chi connectivity index (χ3n) is 3.25. The molecule has 0 spiro atoms. The van der Waals surface area contributed by atoms with E-state index < -0.39 is 21.2 Å². The molecule has 9 heteroatoms. The molecule has 0 aromatic heterocycles.